The number of anilines is 1. The summed E-state index contributed by atoms with van der Waals surface area (Å²) in [4.78, 5) is 12.8. The van der Waals surface area contributed by atoms with Crippen molar-refractivity contribution in [3.63, 3.8) is 0 Å². The lowest BCUT2D eigenvalue weighted by Gasteiger charge is -2.16. The van der Waals surface area contributed by atoms with E-state index in [4.69, 9.17) is 5.73 Å². The Kier molecular flexibility index (Phi) is 5.08. The largest absolute Gasteiger partial charge is 0.329 e. The zero-order chi connectivity index (χ0) is 18.8. The fourth-order valence-electron chi connectivity index (χ4n) is 2.81. The topological polar surface area (TPSA) is 101 Å². The molecule has 1 saturated carbocycles. The number of sulfonamides is 1. The van der Waals surface area contributed by atoms with Crippen molar-refractivity contribution >= 4 is 21.6 Å². The average molecular weight is 377 g/mol. The van der Waals surface area contributed by atoms with E-state index in [1.807, 2.05) is 0 Å². The average Bonchev–Trinajstić information content (AvgIpc) is 3.43. The number of nitrogens with one attached hydrogen (secondary N) is 2. The van der Waals surface area contributed by atoms with Crippen LogP contribution in [0.1, 0.15) is 18.4 Å². The maximum atomic E-state index is 13.1. The van der Waals surface area contributed by atoms with E-state index >= 15 is 0 Å². The summed E-state index contributed by atoms with van der Waals surface area (Å²) < 4.78 is 39.8. The highest BCUT2D eigenvalue weighted by atomic mass is 32.2. The molecular formula is C18H20FN3O3S. The summed E-state index contributed by atoms with van der Waals surface area (Å²) in [6, 6.07) is 11.9. The molecule has 0 heterocycles. The van der Waals surface area contributed by atoms with Crippen molar-refractivity contribution in [3.8, 4) is 0 Å². The molecule has 138 valence electrons. The van der Waals surface area contributed by atoms with Crippen LogP contribution in [0.15, 0.2) is 53.4 Å². The fourth-order valence-corrected chi connectivity index (χ4v) is 3.90. The lowest BCUT2D eigenvalue weighted by atomic mass is 9.95. The first-order valence-electron chi connectivity index (χ1n) is 8.25. The Labute approximate surface area is 151 Å². The molecule has 0 unspecified atom stereocenters. The van der Waals surface area contributed by atoms with Crippen LogP contribution in [0.4, 0.5) is 10.1 Å². The molecular weight excluding hydrogens is 357 g/mol. The van der Waals surface area contributed by atoms with Gasteiger partial charge in [0.05, 0.1) is 10.3 Å². The number of hydrogen-bond donors (Lipinski definition) is 3. The van der Waals surface area contributed by atoms with Gasteiger partial charge in [0.15, 0.2) is 0 Å². The fraction of sp³-hybridized carbons (Fsp3) is 0.278. The van der Waals surface area contributed by atoms with Gasteiger partial charge in [-0.2, -0.15) is 0 Å². The third-order valence-corrected chi connectivity index (χ3v) is 5.88. The van der Waals surface area contributed by atoms with Crippen molar-refractivity contribution in [2.24, 2.45) is 5.73 Å². The van der Waals surface area contributed by atoms with E-state index in [2.05, 4.69) is 10.0 Å². The van der Waals surface area contributed by atoms with Crippen LogP contribution in [0.2, 0.25) is 0 Å². The number of rotatable bonds is 7. The smallest absolute Gasteiger partial charge is 0.240 e. The molecule has 3 rings (SSSR count). The van der Waals surface area contributed by atoms with Crippen molar-refractivity contribution in [2.75, 3.05) is 18.4 Å². The standard InChI is InChI=1S/C18H20FN3O3S/c19-14-6-4-13(5-7-14)18(8-9-18)17(23)22-15-2-1-3-16(12-15)26(24,25)21-11-10-20/h1-7,12,21H,8-11,20H2,(H,22,23). The van der Waals surface area contributed by atoms with Crippen LogP contribution in [0, 0.1) is 5.82 Å². The molecule has 1 aliphatic carbocycles. The molecule has 4 N–H and O–H groups in total. The van der Waals surface area contributed by atoms with E-state index in [-0.39, 0.29) is 29.7 Å². The molecule has 0 spiro atoms. The molecule has 1 aliphatic rings. The molecule has 0 atom stereocenters. The molecule has 8 heteroatoms. The van der Waals surface area contributed by atoms with Crippen molar-refractivity contribution in [1.82, 2.24) is 4.72 Å². The Morgan fingerprint density at radius 3 is 2.46 bits per heavy atom. The summed E-state index contributed by atoms with van der Waals surface area (Å²) in [5.41, 5.74) is 5.78. The summed E-state index contributed by atoms with van der Waals surface area (Å²) in [5, 5.41) is 2.78. The van der Waals surface area contributed by atoms with Gasteiger partial charge in [-0.15, -0.1) is 0 Å². The molecule has 6 nitrogen and oxygen atoms in total. The Bertz CT molecular complexity index is 910. The van der Waals surface area contributed by atoms with Crippen molar-refractivity contribution in [1.29, 1.82) is 0 Å². The van der Waals surface area contributed by atoms with Gasteiger partial charge in [0.2, 0.25) is 15.9 Å². The minimum Gasteiger partial charge on any atom is -0.329 e. The first-order chi connectivity index (χ1) is 12.4. The monoisotopic (exact) mass is 377 g/mol. The normalized spacial score (nSPS) is 15.5. The van der Waals surface area contributed by atoms with Crippen LogP contribution in [0.5, 0.6) is 0 Å². The van der Waals surface area contributed by atoms with Crippen molar-refractivity contribution in [2.45, 2.75) is 23.2 Å². The van der Waals surface area contributed by atoms with E-state index < -0.39 is 15.4 Å². The van der Waals surface area contributed by atoms with Gasteiger partial charge in [0.1, 0.15) is 5.82 Å². The minimum atomic E-state index is -3.68. The van der Waals surface area contributed by atoms with E-state index in [1.165, 1.54) is 24.3 Å². The highest BCUT2D eigenvalue weighted by molar-refractivity contribution is 7.89. The zero-order valence-electron chi connectivity index (χ0n) is 14.0. The van der Waals surface area contributed by atoms with Crippen LogP contribution in [0.25, 0.3) is 0 Å². The van der Waals surface area contributed by atoms with Crippen molar-refractivity contribution < 1.29 is 17.6 Å². The van der Waals surface area contributed by atoms with Crippen LogP contribution in [-0.4, -0.2) is 27.4 Å². The van der Waals surface area contributed by atoms with Gasteiger partial charge >= 0.3 is 0 Å². The van der Waals surface area contributed by atoms with Crippen LogP contribution >= 0.6 is 0 Å². The number of carbonyl (C=O) groups excluding carboxylic acids is 1. The molecule has 0 aromatic heterocycles. The summed E-state index contributed by atoms with van der Waals surface area (Å²) in [6.07, 6.45) is 1.33. The quantitative estimate of drug-likeness (QED) is 0.684. The number of nitrogens with two attached hydrogens (primary N) is 1. The summed E-state index contributed by atoms with van der Waals surface area (Å²) >= 11 is 0. The van der Waals surface area contributed by atoms with Gasteiger partial charge in [-0.25, -0.2) is 17.5 Å². The van der Waals surface area contributed by atoms with Crippen LogP contribution in [-0.2, 0) is 20.2 Å². The maximum Gasteiger partial charge on any atom is 0.240 e. The first-order valence-corrected chi connectivity index (χ1v) is 9.73. The highest BCUT2D eigenvalue weighted by Crippen LogP contribution is 2.49. The molecule has 26 heavy (non-hydrogen) atoms. The summed E-state index contributed by atoms with van der Waals surface area (Å²) in [5.74, 6) is -0.582. The number of halogens is 1. The number of amides is 1. The molecule has 1 fully saturated rings. The van der Waals surface area contributed by atoms with Gasteiger partial charge in [-0.3, -0.25) is 4.79 Å². The third kappa shape index (κ3) is 3.77. The number of benzene rings is 2. The molecule has 2 aromatic rings. The third-order valence-electron chi connectivity index (χ3n) is 4.42. The van der Waals surface area contributed by atoms with Crippen LogP contribution in [0.3, 0.4) is 0 Å². The second-order valence-corrected chi connectivity index (χ2v) is 8.02. The molecule has 0 saturated heterocycles. The second-order valence-electron chi connectivity index (χ2n) is 6.26. The van der Waals surface area contributed by atoms with E-state index in [1.54, 1.807) is 24.3 Å². The van der Waals surface area contributed by atoms with Gasteiger partial charge in [-0.05, 0) is 48.7 Å². The predicted molar refractivity (Wildman–Crippen MR) is 96.6 cm³/mol. The Balaban J connectivity index is 1.78. The second kappa shape index (κ2) is 7.14. The summed E-state index contributed by atoms with van der Waals surface area (Å²) in [7, 11) is -3.68. The zero-order valence-corrected chi connectivity index (χ0v) is 14.9. The molecule has 1 amide bonds. The molecule has 0 bridgehead atoms. The van der Waals surface area contributed by atoms with Crippen LogP contribution < -0.4 is 15.8 Å². The van der Waals surface area contributed by atoms with Gasteiger partial charge < -0.3 is 11.1 Å². The van der Waals surface area contributed by atoms with E-state index in [0.29, 0.717) is 18.5 Å². The Morgan fingerprint density at radius 1 is 1.15 bits per heavy atom. The number of carbonyl (C=O) groups is 1. The Hall–Kier alpha value is -2.29. The highest BCUT2D eigenvalue weighted by Gasteiger charge is 2.51. The number of hydrogen-bond acceptors (Lipinski definition) is 4. The van der Waals surface area contributed by atoms with Crippen molar-refractivity contribution in [3.05, 3.63) is 59.9 Å². The SMILES string of the molecule is NCCNS(=O)(=O)c1cccc(NC(=O)C2(c3ccc(F)cc3)CC2)c1. The van der Waals surface area contributed by atoms with E-state index in [0.717, 1.165) is 5.56 Å². The Morgan fingerprint density at radius 2 is 1.85 bits per heavy atom. The maximum absolute atomic E-state index is 13.1. The summed E-state index contributed by atoms with van der Waals surface area (Å²) in [6.45, 7) is 0.322. The van der Waals surface area contributed by atoms with Gasteiger partial charge in [0.25, 0.3) is 0 Å². The van der Waals surface area contributed by atoms with Gasteiger partial charge in [-0.1, -0.05) is 18.2 Å². The molecule has 0 aliphatic heterocycles. The molecule has 2 aromatic carbocycles. The lowest BCUT2D eigenvalue weighted by Crippen LogP contribution is -2.30. The predicted octanol–water partition coefficient (Wildman–Crippen LogP) is 1.73. The minimum absolute atomic E-state index is 0.0513. The van der Waals surface area contributed by atoms with Gasteiger partial charge in [0, 0.05) is 18.8 Å². The lowest BCUT2D eigenvalue weighted by molar-refractivity contribution is -0.118. The van der Waals surface area contributed by atoms with E-state index in [9.17, 15) is 17.6 Å². The molecule has 0 radical (unpaired) electrons. The first kappa shape index (κ1) is 18.5.